The molecule has 0 aromatic heterocycles. The molecule has 1 aliphatic carbocycles. The Balaban J connectivity index is 1.37. The lowest BCUT2D eigenvalue weighted by molar-refractivity contribution is -0.121. The molecule has 2 amide bonds. The molecule has 0 unspecified atom stereocenters. The van der Waals surface area contributed by atoms with Crippen LogP contribution in [0, 0.1) is 11.6 Å². The van der Waals surface area contributed by atoms with Crippen molar-refractivity contribution in [2.45, 2.75) is 44.1 Å². The van der Waals surface area contributed by atoms with Crippen molar-refractivity contribution in [2.75, 3.05) is 6.54 Å². The number of hydrogen-bond acceptors (Lipinski definition) is 2. The quantitative estimate of drug-likeness (QED) is 0.790. The first-order valence-corrected chi connectivity index (χ1v) is 9.60. The summed E-state index contributed by atoms with van der Waals surface area (Å²) in [5, 5.41) is 5.50. The second kappa shape index (κ2) is 9.44. The lowest BCUT2D eigenvalue weighted by atomic mass is 9.82. The molecule has 28 heavy (non-hydrogen) atoms. The van der Waals surface area contributed by atoms with E-state index in [2.05, 4.69) is 34.9 Å². The van der Waals surface area contributed by atoms with E-state index in [1.54, 1.807) is 0 Å². The Morgan fingerprint density at radius 3 is 2.36 bits per heavy atom. The molecule has 3 rings (SSSR count). The summed E-state index contributed by atoms with van der Waals surface area (Å²) in [7, 11) is 0. The van der Waals surface area contributed by atoms with Gasteiger partial charge in [0.25, 0.3) is 5.91 Å². The van der Waals surface area contributed by atoms with Gasteiger partial charge in [0.05, 0.1) is 5.56 Å². The standard InChI is InChI=1S/C22H24F2N2O2/c23-17-8-11-19(20(24)14-17)22(28)25-13-12-21(27)26-18-9-6-16(7-10-18)15-4-2-1-3-5-15/h1-5,8,11,14,16,18H,6-7,9-10,12-13H2,(H,25,28)(H,26,27). The van der Waals surface area contributed by atoms with Crippen LogP contribution < -0.4 is 10.6 Å². The molecule has 0 atom stereocenters. The SMILES string of the molecule is O=C(CCNC(=O)c1ccc(F)cc1F)NC1CCC(c2ccccc2)CC1. The van der Waals surface area contributed by atoms with E-state index in [-0.39, 0.29) is 30.5 Å². The van der Waals surface area contributed by atoms with Crippen molar-refractivity contribution in [2.24, 2.45) is 0 Å². The molecule has 1 fully saturated rings. The smallest absolute Gasteiger partial charge is 0.254 e. The van der Waals surface area contributed by atoms with Crippen molar-refractivity contribution in [3.05, 3.63) is 71.3 Å². The zero-order valence-corrected chi connectivity index (χ0v) is 15.6. The van der Waals surface area contributed by atoms with Gasteiger partial charge in [0, 0.05) is 25.1 Å². The summed E-state index contributed by atoms with van der Waals surface area (Å²) < 4.78 is 26.5. The molecule has 2 aromatic rings. The highest BCUT2D eigenvalue weighted by Crippen LogP contribution is 2.32. The van der Waals surface area contributed by atoms with Crippen LogP contribution in [0.15, 0.2) is 48.5 Å². The molecule has 4 nitrogen and oxygen atoms in total. The van der Waals surface area contributed by atoms with Gasteiger partial charge >= 0.3 is 0 Å². The lowest BCUT2D eigenvalue weighted by Crippen LogP contribution is -2.39. The van der Waals surface area contributed by atoms with E-state index >= 15 is 0 Å². The molecule has 0 radical (unpaired) electrons. The van der Waals surface area contributed by atoms with Gasteiger partial charge in [0.15, 0.2) is 0 Å². The van der Waals surface area contributed by atoms with E-state index in [4.69, 9.17) is 0 Å². The molecular weight excluding hydrogens is 362 g/mol. The first-order valence-electron chi connectivity index (χ1n) is 9.60. The second-order valence-electron chi connectivity index (χ2n) is 7.16. The van der Waals surface area contributed by atoms with Crippen LogP contribution in [0.1, 0.15) is 53.9 Å². The molecule has 0 aliphatic heterocycles. The van der Waals surface area contributed by atoms with Gasteiger partial charge < -0.3 is 10.6 Å². The Morgan fingerprint density at radius 1 is 0.964 bits per heavy atom. The first-order chi connectivity index (χ1) is 13.5. The van der Waals surface area contributed by atoms with E-state index in [1.807, 2.05) is 6.07 Å². The third kappa shape index (κ3) is 5.38. The average Bonchev–Trinajstić information content (AvgIpc) is 2.69. The van der Waals surface area contributed by atoms with Crippen LogP contribution in [0.4, 0.5) is 8.78 Å². The zero-order valence-electron chi connectivity index (χ0n) is 15.6. The monoisotopic (exact) mass is 386 g/mol. The van der Waals surface area contributed by atoms with Gasteiger partial charge in [0.2, 0.25) is 5.91 Å². The van der Waals surface area contributed by atoms with Crippen LogP contribution in [-0.4, -0.2) is 24.4 Å². The first kappa shape index (κ1) is 20.0. The van der Waals surface area contributed by atoms with Gasteiger partial charge in [0.1, 0.15) is 11.6 Å². The van der Waals surface area contributed by atoms with Crippen molar-refractivity contribution < 1.29 is 18.4 Å². The fourth-order valence-corrected chi connectivity index (χ4v) is 3.65. The van der Waals surface area contributed by atoms with E-state index < -0.39 is 17.5 Å². The molecule has 1 aliphatic rings. The summed E-state index contributed by atoms with van der Waals surface area (Å²) in [6.45, 7) is 0.0981. The van der Waals surface area contributed by atoms with E-state index in [0.29, 0.717) is 12.0 Å². The third-order valence-electron chi connectivity index (χ3n) is 5.18. The third-order valence-corrected chi connectivity index (χ3v) is 5.18. The molecule has 2 aromatic carbocycles. The predicted molar refractivity (Wildman–Crippen MR) is 103 cm³/mol. The van der Waals surface area contributed by atoms with Gasteiger partial charge in [-0.25, -0.2) is 8.78 Å². The largest absolute Gasteiger partial charge is 0.353 e. The van der Waals surface area contributed by atoms with Crippen LogP contribution in [0.2, 0.25) is 0 Å². The highest BCUT2D eigenvalue weighted by molar-refractivity contribution is 5.94. The minimum atomic E-state index is -0.919. The number of carbonyl (C=O) groups is 2. The fraction of sp³-hybridized carbons (Fsp3) is 0.364. The normalized spacial score (nSPS) is 19.1. The van der Waals surface area contributed by atoms with Gasteiger partial charge in [-0.2, -0.15) is 0 Å². The number of halogens is 2. The maximum absolute atomic E-state index is 13.6. The van der Waals surface area contributed by atoms with Gasteiger partial charge in [-0.3, -0.25) is 9.59 Å². The average molecular weight is 386 g/mol. The van der Waals surface area contributed by atoms with Gasteiger partial charge in [-0.1, -0.05) is 30.3 Å². The minimum absolute atomic E-state index is 0.0981. The van der Waals surface area contributed by atoms with Crippen LogP contribution in [0.25, 0.3) is 0 Å². The Kier molecular flexibility index (Phi) is 6.74. The van der Waals surface area contributed by atoms with Crippen molar-refractivity contribution in [3.63, 3.8) is 0 Å². The van der Waals surface area contributed by atoms with Crippen LogP contribution in [0.5, 0.6) is 0 Å². The second-order valence-corrected chi connectivity index (χ2v) is 7.16. The highest BCUT2D eigenvalue weighted by atomic mass is 19.1. The number of hydrogen-bond donors (Lipinski definition) is 2. The van der Waals surface area contributed by atoms with E-state index in [9.17, 15) is 18.4 Å². The van der Waals surface area contributed by atoms with Crippen molar-refractivity contribution in [1.82, 2.24) is 10.6 Å². The predicted octanol–water partition coefficient (Wildman–Crippen LogP) is 3.93. The van der Waals surface area contributed by atoms with Crippen molar-refractivity contribution in [1.29, 1.82) is 0 Å². The number of carbonyl (C=O) groups excluding carboxylic acids is 2. The molecule has 1 saturated carbocycles. The number of nitrogens with one attached hydrogen (secondary N) is 2. The van der Waals surface area contributed by atoms with Gasteiger partial charge in [-0.15, -0.1) is 0 Å². The van der Waals surface area contributed by atoms with E-state index in [1.165, 1.54) is 5.56 Å². The lowest BCUT2D eigenvalue weighted by Gasteiger charge is -2.29. The topological polar surface area (TPSA) is 58.2 Å². The molecule has 2 N–H and O–H groups in total. The molecular formula is C22H24F2N2O2. The Bertz CT molecular complexity index is 819. The van der Waals surface area contributed by atoms with Crippen molar-refractivity contribution in [3.8, 4) is 0 Å². The summed E-state index contributed by atoms with van der Waals surface area (Å²) in [5.41, 5.74) is 1.11. The summed E-state index contributed by atoms with van der Waals surface area (Å²) >= 11 is 0. The van der Waals surface area contributed by atoms with Gasteiger partial charge in [-0.05, 0) is 49.3 Å². The minimum Gasteiger partial charge on any atom is -0.353 e. The zero-order chi connectivity index (χ0) is 19.9. The number of amides is 2. The number of benzene rings is 2. The Labute approximate surface area is 163 Å². The summed E-state index contributed by atoms with van der Waals surface area (Å²) in [6, 6.07) is 13.3. The molecule has 0 heterocycles. The summed E-state index contributed by atoms with van der Waals surface area (Å²) in [5.74, 6) is -1.91. The molecule has 148 valence electrons. The van der Waals surface area contributed by atoms with Crippen molar-refractivity contribution >= 4 is 11.8 Å². The van der Waals surface area contributed by atoms with Crippen LogP contribution >= 0.6 is 0 Å². The maximum Gasteiger partial charge on any atom is 0.254 e. The summed E-state index contributed by atoms with van der Waals surface area (Å²) in [6.07, 6.45) is 4.05. The molecule has 0 bridgehead atoms. The molecule has 0 saturated heterocycles. The summed E-state index contributed by atoms with van der Waals surface area (Å²) in [4.78, 5) is 24.0. The Hall–Kier alpha value is -2.76. The Morgan fingerprint density at radius 2 is 1.68 bits per heavy atom. The fourth-order valence-electron chi connectivity index (χ4n) is 3.65. The molecule has 0 spiro atoms. The highest BCUT2D eigenvalue weighted by Gasteiger charge is 2.23. The van der Waals surface area contributed by atoms with E-state index in [0.717, 1.165) is 37.8 Å². The van der Waals surface area contributed by atoms with Crippen LogP contribution in [-0.2, 0) is 4.79 Å². The van der Waals surface area contributed by atoms with Crippen LogP contribution in [0.3, 0.4) is 0 Å². The number of rotatable bonds is 6. The maximum atomic E-state index is 13.6. The molecule has 6 heteroatoms.